The van der Waals surface area contributed by atoms with E-state index >= 15 is 0 Å². The van der Waals surface area contributed by atoms with Gasteiger partial charge in [0.1, 0.15) is 0 Å². The maximum atomic E-state index is 5.49. The highest BCUT2D eigenvalue weighted by atomic mass is 32.2. The summed E-state index contributed by atoms with van der Waals surface area (Å²) in [5, 5.41) is 0. The standard InChI is InChI=1S/C11H18N4S/c1-9-8-16-5-4-15(9)11-13-6-10(2-3-12)7-14-11/h6-7,9H,2-5,8,12H2,1H3. The van der Waals surface area contributed by atoms with Crippen LogP contribution in [0.25, 0.3) is 0 Å². The number of anilines is 1. The monoisotopic (exact) mass is 238 g/mol. The first-order chi connectivity index (χ1) is 7.81. The molecule has 16 heavy (non-hydrogen) atoms. The van der Waals surface area contributed by atoms with Crippen molar-refractivity contribution in [3.8, 4) is 0 Å². The van der Waals surface area contributed by atoms with E-state index in [2.05, 4.69) is 21.8 Å². The quantitative estimate of drug-likeness (QED) is 0.848. The summed E-state index contributed by atoms with van der Waals surface area (Å²) in [4.78, 5) is 11.1. The lowest BCUT2D eigenvalue weighted by Gasteiger charge is -2.32. The van der Waals surface area contributed by atoms with Crippen molar-refractivity contribution in [2.75, 3.05) is 29.5 Å². The Morgan fingerprint density at radius 1 is 1.50 bits per heavy atom. The number of thioether (sulfide) groups is 1. The topological polar surface area (TPSA) is 55.0 Å². The number of hydrogen-bond donors (Lipinski definition) is 1. The van der Waals surface area contributed by atoms with E-state index in [-0.39, 0.29) is 0 Å². The smallest absolute Gasteiger partial charge is 0.225 e. The molecule has 88 valence electrons. The van der Waals surface area contributed by atoms with Gasteiger partial charge in [-0.25, -0.2) is 9.97 Å². The number of hydrogen-bond acceptors (Lipinski definition) is 5. The predicted octanol–water partition coefficient (Wildman–Crippen LogP) is 0.919. The molecular formula is C11H18N4S. The van der Waals surface area contributed by atoms with Crippen LogP contribution in [0.4, 0.5) is 5.95 Å². The van der Waals surface area contributed by atoms with Crippen molar-refractivity contribution in [3.05, 3.63) is 18.0 Å². The van der Waals surface area contributed by atoms with E-state index < -0.39 is 0 Å². The second kappa shape index (κ2) is 5.50. The Labute approximate surface area is 101 Å². The Hall–Kier alpha value is -0.810. The van der Waals surface area contributed by atoms with Crippen LogP contribution < -0.4 is 10.6 Å². The van der Waals surface area contributed by atoms with Gasteiger partial charge in [0.25, 0.3) is 0 Å². The molecule has 4 nitrogen and oxygen atoms in total. The summed E-state index contributed by atoms with van der Waals surface area (Å²) in [7, 11) is 0. The predicted molar refractivity (Wildman–Crippen MR) is 68.9 cm³/mol. The SMILES string of the molecule is CC1CSCCN1c1ncc(CCN)cn1. The first-order valence-electron chi connectivity index (χ1n) is 5.66. The van der Waals surface area contributed by atoms with Crippen LogP contribution in [0.15, 0.2) is 12.4 Å². The van der Waals surface area contributed by atoms with Crippen molar-refractivity contribution in [2.24, 2.45) is 5.73 Å². The third-order valence-electron chi connectivity index (χ3n) is 2.75. The van der Waals surface area contributed by atoms with Gasteiger partial charge < -0.3 is 10.6 Å². The number of aromatic nitrogens is 2. The molecule has 2 heterocycles. The van der Waals surface area contributed by atoms with Crippen LogP contribution in [-0.4, -0.2) is 40.6 Å². The molecule has 1 unspecified atom stereocenters. The molecule has 1 atom stereocenters. The molecule has 0 radical (unpaired) electrons. The van der Waals surface area contributed by atoms with E-state index in [1.54, 1.807) is 0 Å². The molecule has 1 fully saturated rings. The molecule has 0 amide bonds. The second-order valence-corrected chi connectivity index (χ2v) is 5.20. The number of nitrogens with zero attached hydrogens (tertiary/aromatic N) is 3. The first-order valence-corrected chi connectivity index (χ1v) is 6.82. The van der Waals surface area contributed by atoms with Gasteiger partial charge in [-0.3, -0.25) is 0 Å². The summed E-state index contributed by atoms with van der Waals surface area (Å²) in [5.41, 5.74) is 6.61. The molecule has 1 aliphatic rings. The van der Waals surface area contributed by atoms with E-state index in [9.17, 15) is 0 Å². The highest BCUT2D eigenvalue weighted by molar-refractivity contribution is 7.99. The lowest BCUT2D eigenvalue weighted by Crippen LogP contribution is -2.41. The molecule has 0 bridgehead atoms. The molecule has 0 aliphatic carbocycles. The maximum Gasteiger partial charge on any atom is 0.225 e. The summed E-state index contributed by atoms with van der Waals surface area (Å²) in [6.45, 7) is 3.92. The average molecular weight is 238 g/mol. The van der Waals surface area contributed by atoms with Gasteiger partial charge in [-0.15, -0.1) is 0 Å². The minimum absolute atomic E-state index is 0.527. The van der Waals surface area contributed by atoms with Crippen LogP contribution in [0.2, 0.25) is 0 Å². The van der Waals surface area contributed by atoms with Gasteiger partial charge >= 0.3 is 0 Å². The molecule has 0 aromatic carbocycles. The van der Waals surface area contributed by atoms with Crippen LogP contribution in [0, 0.1) is 0 Å². The van der Waals surface area contributed by atoms with E-state index in [1.165, 1.54) is 0 Å². The Bertz CT molecular complexity index is 327. The van der Waals surface area contributed by atoms with Crippen molar-refractivity contribution >= 4 is 17.7 Å². The van der Waals surface area contributed by atoms with Crippen molar-refractivity contribution in [1.82, 2.24) is 9.97 Å². The average Bonchev–Trinajstić information content (AvgIpc) is 2.31. The van der Waals surface area contributed by atoms with Crippen molar-refractivity contribution in [3.63, 3.8) is 0 Å². The van der Waals surface area contributed by atoms with Crippen LogP contribution in [0.1, 0.15) is 12.5 Å². The number of nitrogens with two attached hydrogens (primary N) is 1. The fourth-order valence-corrected chi connectivity index (χ4v) is 2.83. The lowest BCUT2D eigenvalue weighted by atomic mass is 10.2. The highest BCUT2D eigenvalue weighted by Gasteiger charge is 2.20. The molecule has 2 N–H and O–H groups in total. The fourth-order valence-electron chi connectivity index (χ4n) is 1.82. The largest absolute Gasteiger partial charge is 0.336 e. The second-order valence-electron chi connectivity index (χ2n) is 4.05. The van der Waals surface area contributed by atoms with Gasteiger partial charge in [0.05, 0.1) is 0 Å². The number of rotatable bonds is 3. The Kier molecular flexibility index (Phi) is 4.01. The Balaban J connectivity index is 2.08. The summed E-state index contributed by atoms with van der Waals surface area (Å²) < 4.78 is 0. The van der Waals surface area contributed by atoms with Crippen molar-refractivity contribution in [1.29, 1.82) is 0 Å². The summed E-state index contributed by atoms with van der Waals surface area (Å²) in [6.07, 6.45) is 4.64. The Morgan fingerprint density at radius 3 is 2.88 bits per heavy atom. The van der Waals surface area contributed by atoms with Gasteiger partial charge in [0.15, 0.2) is 0 Å². The van der Waals surface area contributed by atoms with Gasteiger partial charge in [-0.2, -0.15) is 11.8 Å². The van der Waals surface area contributed by atoms with Gasteiger partial charge in [0, 0.05) is 36.5 Å². The molecule has 2 rings (SSSR count). The maximum absolute atomic E-state index is 5.49. The molecule has 0 spiro atoms. The zero-order chi connectivity index (χ0) is 11.4. The van der Waals surface area contributed by atoms with Crippen LogP contribution >= 0.6 is 11.8 Å². The van der Waals surface area contributed by atoms with E-state index in [0.29, 0.717) is 12.6 Å². The van der Waals surface area contributed by atoms with Crippen molar-refractivity contribution < 1.29 is 0 Å². The third kappa shape index (κ3) is 2.65. The minimum Gasteiger partial charge on any atom is -0.336 e. The lowest BCUT2D eigenvalue weighted by molar-refractivity contribution is 0.676. The van der Waals surface area contributed by atoms with Gasteiger partial charge in [0.2, 0.25) is 5.95 Å². The molecule has 1 aromatic rings. The Morgan fingerprint density at radius 2 is 2.25 bits per heavy atom. The van der Waals surface area contributed by atoms with Gasteiger partial charge in [-0.1, -0.05) is 0 Å². The molecule has 1 aromatic heterocycles. The minimum atomic E-state index is 0.527. The van der Waals surface area contributed by atoms with Gasteiger partial charge in [-0.05, 0) is 25.5 Å². The molecule has 0 saturated carbocycles. The molecule has 5 heteroatoms. The normalized spacial score (nSPS) is 21.1. The fraction of sp³-hybridized carbons (Fsp3) is 0.636. The molecule has 1 saturated heterocycles. The van der Waals surface area contributed by atoms with Crippen molar-refractivity contribution in [2.45, 2.75) is 19.4 Å². The zero-order valence-electron chi connectivity index (χ0n) is 9.59. The third-order valence-corrected chi connectivity index (χ3v) is 3.94. The van der Waals surface area contributed by atoms with Crippen LogP contribution in [-0.2, 0) is 6.42 Å². The molecular weight excluding hydrogens is 220 g/mol. The summed E-state index contributed by atoms with van der Waals surface area (Å²) >= 11 is 2.00. The van der Waals surface area contributed by atoms with E-state index in [4.69, 9.17) is 5.73 Å². The highest BCUT2D eigenvalue weighted by Crippen LogP contribution is 2.20. The first kappa shape index (κ1) is 11.7. The zero-order valence-corrected chi connectivity index (χ0v) is 10.4. The van der Waals surface area contributed by atoms with E-state index in [1.807, 2.05) is 24.2 Å². The van der Waals surface area contributed by atoms with E-state index in [0.717, 1.165) is 36.0 Å². The summed E-state index contributed by atoms with van der Waals surface area (Å²) in [5.74, 6) is 3.18. The summed E-state index contributed by atoms with van der Waals surface area (Å²) in [6, 6.07) is 0.527. The van der Waals surface area contributed by atoms with Crippen LogP contribution in [0.5, 0.6) is 0 Å². The van der Waals surface area contributed by atoms with Crippen LogP contribution in [0.3, 0.4) is 0 Å². The molecule has 1 aliphatic heterocycles.